The van der Waals surface area contributed by atoms with Crippen molar-refractivity contribution in [3.63, 3.8) is 0 Å². The van der Waals surface area contributed by atoms with Gasteiger partial charge in [-0.15, -0.1) is 0 Å². The fourth-order valence-corrected chi connectivity index (χ4v) is 3.11. The highest BCUT2D eigenvalue weighted by atomic mass is 16.5. The summed E-state index contributed by atoms with van der Waals surface area (Å²) in [5, 5.41) is 0. The van der Waals surface area contributed by atoms with Gasteiger partial charge in [-0.2, -0.15) is 0 Å². The third-order valence-corrected chi connectivity index (χ3v) is 4.13. The zero-order chi connectivity index (χ0) is 16.4. The monoisotopic (exact) mass is 317 g/mol. The maximum absolute atomic E-state index is 11.0. The lowest BCUT2D eigenvalue weighted by Crippen LogP contribution is -2.48. The number of anilines is 1. The van der Waals surface area contributed by atoms with Gasteiger partial charge in [-0.3, -0.25) is 9.69 Å². The van der Waals surface area contributed by atoms with E-state index in [1.54, 1.807) is 0 Å². The molecule has 1 atom stereocenters. The van der Waals surface area contributed by atoms with E-state index in [1.807, 2.05) is 37.2 Å². The molecule has 23 heavy (non-hydrogen) atoms. The Balaban J connectivity index is 1.72. The Morgan fingerprint density at radius 3 is 3.00 bits per heavy atom. The molecule has 1 amide bonds. The molecule has 0 spiro atoms. The molecule has 7 nitrogen and oxygen atoms in total. The lowest BCUT2D eigenvalue weighted by atomic mass is 10.2. The fraction of sp³-hybridized carbons (Fsp3) is 0.500. The van der Waals surface area contributed by atoms with Crippen LogP contribution in [0.5, 0.6) is 0 Å². The maximum atomic E-state index is 11.0. The van der Waals surface area contributed by atoms with Crippen LogP contribution in [-0.2, 0) is 16.6 Å². The van der Waals surface area contributed by atoms with Crippen LogP contribution in [0.1, 0.15) is 0 Å². The highest BCUT2D eigenvalue weighted by molar-refractivity contribution is 5.78. The Hall–Kier alpha value is -2.12. The Morgan fingerprint density at radius 2 is 2.26 bits per heavy atom. The summed E-state index contributed by atoms with van der Waals surface area (Å²) in [7, 11) is 3.91. The fourth-order valence-electron chi connectivity index (χ4n) is 3.11. The largest absolute Gasteiger partial charge is 0.373 e. The molecule has 0 bridgehead atoms. The van der Waals surface area contributed by atoms with Gasteiger partial charge in [0, 0.05) is 26.7 Å². The van der Waals surface area contributed by atoms with Gasteiger partial charge >= 0.3 is 0 Å². The molecule has 0 radical (unpaired) electrons. The van der Waals surface area contributed by atoms with Crippen LogP contribution in [0.2, 0.25) is 0 Å². The van der Waals surface area contributed by atoms with Crippen molar-refractivity contribution >= 4 is 22.9 Å². The first-order valence-electron chi connectivity index (χ1n) is 7.79. The van der Waals surface area contributed by atoms with Crippen LogP contribution in [0.3, 0.4) is 0 Å². The minimum absolute atomic E-state index is 0.0351. The van der Waals surface area contributed by atoms with Gasteiger partial charge in [0.1, 0.15) is 0 Å². The summed E-state index contributed by atoms with van der Waals surface area (Å²) >= 11 is 0. The number of ether oxygens (including phenoxy) is 1. The van der Waals surface area contributed by atoms with E-state index < -0.39 is 0 Å². The van der Waals surface area contributed by atoms with Crippen molar-refractivity contribution in [2.75, 3.05) is 44.7 Å². The molecule has 2 N–H and O–H groups in total. The van der Waals surface area contributed by atoms with Crippen LogP contribution in [0.4, 0.5) is 5.95 Å². The number of fused-ring (bicyclic) bond motifs is 1. The molecule has 0 unspecified atom stereocenters. The number of primary amides is 1. The number of rotatable bonds is 5. The second-order valence-electron chi connectivity index (χ2n) is 6.06. The zero-order valence-electron chi connectivity index (χ0n) is 13.6. The summed E-state index contributed by atoms with van der Waals surface area (Å²) in [4.78, 5) is 19.9. The predicted octanol–water partition coefficient (Wildman–Crippen LogP) is 0.196. The molecule has 0 aliphatic carbocycles. The normalized spacial score (nSPS) is 18.7. The van der Waals surface area contributed by atoms with Crippen LogP contribution in [0.25, 0.3) is 11.0 Å². The van der Waals surface area contributed by atoms with Gasteiger partial charge in [-0.25, -0.2) is 4.98 Å². The van der Waals surface area contributed by atoms with E-state index in [4.69, 9.17) is 15.5 Å². The Morgan fingerprint density at radius 1 is 1.48 bits per heavy atom. The van der Waals surface area contributed by atoms with Gasteiger partial charge in [0.05, 0.1) is 30.3 Å². The van der Waals surface area contributed by atoms with Crippen molar-refractivity contribution in [2.45, 2.75) is 6.10 Å². The first-order valence-corrected chi connectivity index (χ1v) is 7.79. The lowest BCUT2D eigenvalue weighted by Gasteiger charge is -2.35. The SMILES string of the molecule is CN(CC(N)=O)C[C@H]1CN(c2nc3ccccc3n2C)CCO1. The van der Waals surface area contributed by atoms with Gasteiger partial charge < -0.3 is 19.9 Å². The average molecular weight is 317 g/mol. The number of morpholine rings is 1. The Labute approximate surface area is 135 Å². The molecule has 7 heteroatoms. The number of nitrogens with zero attached hydrogens (tertiary/aromatic N) is 4. The summed E-state index contributed by atoms with van der Waals surface area (Å²) in [6.45, 7) is 3.13. The highest BCUT2D eigenvalue weighted by Crippen LogP contribution is 2.22. The number of aryl methyl sites for hydroxylation is 1. The van der Waals surface area contributed by atoms with Gasteiger partial charge in [-0.05, 0) is 19.2 Å². The predicted molar refractivity (Wildman–Crippen MR) is 89.4 cm³/mol. The van der Waals surface area contributed by atoms with Crippen molar-refractivity contribution in [3.8, 4) is 0 Å². The molecule has 1 fully saturated rings. The molecule has 1 saturated heterocycles. The number of likely N-dealkylation sites (N-methyl/N-ethyl adjacent to an activating group) is 1. The molecular weight excluding hydrogens is 294 g/mol. The number of hydrogen-bond donors (Lipinski definition) is 1. The van der Waals surface area contributed by atoms with Gasteiger partial charge in [0.2, 0.25) is 11.9 Å². The van der Waals surface area contributed by atoms with E-state index in [0.717, 1.165) is 30.1 Å². The van der Waals surface area contributed by atoms with E-state index in [1.165, 1.54) is 0 Å². The number of imidazole rings is 1. The number of benzene rings is 1. The van der Waals surface area contributed by atoms with Crippen molar-refractivity contribution < 1.29 is 9.53 Å². The first kappa shape index (κ1) is 15.8. The minimum Gasteiger partial charge on any atom is -0.373 e. The maximum Gasteiger partial charge on any atom is 0.231 e. The summed E-state index contributed by atoms with van der Waals surface area (Å²) in [6, 6.07) is 8.12. The van der Waals surface area contributed by atoms with Gasteiger partial charge in [0.25, 0.3) is 0 Å². The summed E-state index contributed by atoms with van der Waals surface area (Å²) in [5.41, 5.74) is 7.36. The molecular formula is C16H23N5O2. The van der Waals surface area contributed by atoms with E-state index in [9.17, 15) is 4.79 Å². The summed E-state index contributed by atoms with van der Waals surface area (Å²) < 4.78 is 7.94. The molecule has 1 aromatic carbocycles. The second-order valence-corrected chi connectivity index (χ2v) is 6.06. The van der Waals surface area contributed by atoms with Gasteiger partial charge in [0.15, 0.2) is 0 Å². The second kappa shape index (κ2) is 6.55. The number of para-hydroxylation sites is 2. The summed E-state index contributed by atoms with van der Waals surface area (Å²) in [5.74, 6) is 0.632. The molecule has 1 aliphatic rings. The number of aromatic nitrogens is 2. The molecule has 1 aliphatic heterocycles. The van der Waals surface area contributed by atoms with Gasteiger partial charge in [-0.1, -0.05) is 12.1 Å². The van der Waals surface area contributed by atoms with Crippen molar-refractivity contribution in [1.82, 2.24) is 14.5 Å². The van der Waals surface area contributed by atoms with E-state index in [-0.39, 0.29) is 18.6 Å². The van der Waals surface area contributed by atoms with E-state index in [0.29, 0.717) is 13.2 Å². The quantitative estimate of drug-likeness (QED) is 0.852. The number of carbonyl (C=O) groups excluding carboxylic acids is 1. The molecule has 1 aromatic heterocycles. The number of carbonyl (C=O) groups is 1. The van der Waals surface area contributed by atoms with Crippen LogP contribution in [-0.4, -0.2) is 66.3 Å². The summed E-state index contributed by atoms with van der Waals surface area (Å²) in [6.07, 6.45) is 0.0351. The smallest absolute Gasteiger partial charge is 0.231 e. The van der Waals surface area contributed by atoms with E-state index >= 15 is 0 Å². The van der Waals surface area contributed by atoms with Crippen molar-refractivity contribution in [2.24, 2.45) is 12.8 Å². The van der Waals surface area contributed by atoms with Crippen LogP contribution < -0.4 is 10.6 Å². The zero-order valence-corrected chi connectivity index (χ0v) is 13.6. The number of hydrogen-bond acceptors (Lipinski definition) is 5. The molecule has 124 valence electrons. The van der Waals surface area contributed by atoms with Crippen molar-refractivity contribution in [3.05, 3.63) is 24.3 Å². The highest BCUT2D eigenvalue weighted by Gasteiger charge is 2.25. The topological polar surface area (TPSA) is 76.6 Å². The van der Waals surface area contributed by atoms with Crippen molar-refractivity contribution in [1.29, 1.82) is 0 Å². The Bertz CT molecular complexity index is 699. The minimum atomic E-state index is -0.324. The number of nitrogens with two attached hydrogens (primary N) is 1. The molecule has 2 aromatic rings. The molecule has 2 heterocycles. The molecule has 0 saturated carbocycles. The van der Waals surface area contributed by atoms with Crippen LogP contribution in [0.15, 0.2) is 24.3 Å². The standard InChI is InChI=1S/C16H23N5O2/c1-19(11-15(17)22)9-12-10-21(7-8-23-12)16-18-13-5-3-4-6-14(13)20(16)2/h3-6,12H,7-11H2,1-2H3,(H2,17,22)/t12-/m0/s1. The Kier molecular flexibility index (Phi) is 4.49. The number of amides is 1. The average Bonchev–Trinajstić information content (AvgIpc) is 2.84. The third-order valence-electron chi connectivity index (χ3n) is 4.13. The molecule has 3 rings (SSSR count). The van der Waals surface area contributed by atoms with Crippen LogP contribution in [0, 0.1) is 0 Å². The lowest BCUT2D eigenvalue weighted by molar-refractivity contribution is -0.119. The first-order chi connectivity index (χ1) is 11.0. The third kappa shape index (κ3) is 3.46. The van der Waals surface area contributed by atoms with Crippen LogP contribution >= 0.6 is 0 Å². The van der Waals surface area contributed by atoms with E-state index in [2.05, 4.69) is 15.5 Å².